The van der Waals surface area contributed by atoms with E-state index in [9.17, 15) is 13.6 Å². The van der Waals surface area contributed by atoms with Gasteiger partial charge in [-0.05, 0) is 49.2 Å². The zero-order valence-electron chi connectivity index (χ0n) is 18.0. The minimum Gasteiger partial charge on any atom is -0.497 e. The number of methoxy groups -OCH3 is 1. The minimum absolute atomic E-state index is 0.0461. The molecule has 1 atom stereocenters. The van der Waals surface area contributed by atoms with E-state index in [0.717, 1.165) is 48.0 Å². The molecule has 0 spiro atoms. The number of carbonyl (C=O) groups excluding carboxylic acids is 1. The van der Waals surface area contributed by atoms with Crippen LogP contribution in [-0.2, 0) is 11.3 Å². The Kier molecular flexibility index (Phi) is 6.81. The molecule has 1 N–H and O–H groups in total. The van der Waals surface area contributed by atoms with Gasteiger partial charge in [0, 0.05) is 36.0 Å². The first kappa shape index (κ1) is 22.0. The molecule has 4 rings (SSSR count). The molecule has 1 heterocycles. The van der Waals surface area contributed by atoms with Crippen LogP contribution in [-0.4, -0.2) is 31.0 Å². The lowest BCUT2D eigenvalue weighted by Crippen LogP contribution is -2.40. The fourth-order valence-electron chi connectivity index (χ4n) is 4.15. The van der Waals surface area contributed by atoms with Crippen LogP contribution in [0.15, 0.2) is 66.7 Å². The summed E-state index contributed by atoms with van der Waals surface area (Å²) < 4.78 is 32.5. The highest BCUT2D eigenvalue weighted by molar-refractivity contribution is 5.97. The molecule has 4 nitrogen and oxygen atoms in total. The van der Waals surface area contributed by atoms with Crippen LogP contribution in [0.4, 0.5) is 14.5 Å². The number of nitrogens with one attached hydrogen (secondary N) is 1. The number of benzene rings is 3. The summed E-state index contributed by atoms with van der Waals surface area (Å²) in [7, 11) is 1.63. The largest absolute Gasteiger partial charge is 0.497 e. The van der Waals surface area contributed by atoms with E-state index in [1.54, 1.807) is 7.11 Å². The molecule has 1 aliphatic rings. The topological polar surface area (TPSA) is 41.6 Å². The third kappa shape index (κ3) is 5.14. The number of nitrogens with zero attached hydrogens (tertiary/aromatic N) is 1. The maximum absolute atomic E-state index is 14.0. The van der Waals surface area contributed by atoms with Crippen molar-refractivity contribution in [1.82, 2.24) is 4.90 Å². The summed E-state index contributed by atoms with van der Waals surface area (Å²) in [6.07, 6.45) is 1.62. The number of ether oxygens (including phenoxy) is 1. The second-order valence-electron chi connectivity index (χ2n) is 8.07. The van der Waals surface area contributed by atoms with E-state index in [-0.39, 0.29) is 11.8 Å². The first-order valence-corrected chi connectivity index (χ1v) is 10.7. The van der Waals surface area contributed by atoms with Gasteiger partial charge in [0.1, 0.15) is 17.4 Å². The van der Waals surface area contributed by atoms with Crippen molar-refractivity contribution in [3.63, 3.8) is 0 Å². The molecule has 32 heavy (non-hydrogen) atoms. The quantitative estimate of drug-likeness (QED) is 0.556. The number of likely N-dealkylation sites (tertiary alicyclic amines) is 1. The molecule has 1 amide bonds. The van der Waals surface area contributed by atoms with Crippen molar-refractivity contribution >= 4 is 11.6 Å². The Labute approximate surface area is 186 Å². The van der Waals surface area contributed by atoms with Gasteiger partial charge in [-0.15, -0.1) is 0 Å². The predicted molar refractivity (Wildman–Crippen MR) is 121 cm³/mol. The average molecular weight is 437 g/mol. The molecule has 3 aromatic carbocycles. The van der Waals surface area contributed by atoms with Crippen LogP contribution >= 0.6 is 0 Å². The molecule has 6 heteroatoms. The third-order valence-electron chi connectivity index (χ3n) is 5.87. The van der Waals surface area contributed by atoms with Gasteiger partial charge in [-0.25, -0.2) is 8.78 Å². The van der Waals surface area contributed by atoms with Crippen molar-refractivity contribution < 1.29 is 18.3 Å². The summed E-state index contributed by atoms with van der Waals surface area (Å²) in [6.45, 7) is 1.68. The van der Waals surface area contributed by atoms with Gasteiger partial charge in [0.05, 0.1) is 13.0 Å². The van der Waals surface area contributed by atoms with E-state index < -0.39 is 11.6 Å². The number of carbonyl (C=O) groups is 1. The molecule has 0 radical (unpaired) electrons. The van der Waals surface area contributed by atoms with Gasteiger partial charge in [0.2, 0.25) is 5.91 Å². The molecule has 1 saturated heterocycles. The van der Waals surface area contributed by atoms with Crippen molar-refractivity contribution in [2.24, 2.45) is 5.92 Å². The molecule has 3 aromatic rings. The Bertz CT molecular complexity index is 1090. The lowest BCUT2D eigenvalue weighted by Gasteiger charge is -2.32. The van der Waals surface area contributed by atoms with Crippen LogP contribution in [0.3, 0.4) is 0 Å². The van der Waals surface area contributed by atoms with Crippen LogP contribution in [0.2, 0.25) is 0 Å². The van der Waals surface area contributed by atoms with Crippen molar-refractivity contribution in [3.8, 4) is 16.9 Å². The zero-order valence-corrected chi connectivity index (χ0v) is 18.0. The summed E-state index contributed by atoms with van der Waals surface area (Å²) in [5, 5.41) is 3.09. The van der Waals surface area contributed by atoms with E-state index in [1.807, 2.05) is 48.5 Å². The number of hydrogen-bond acceptors (Lipinski definition) is 3. The molecule has 0 saturated carbocycles. The normalized spacial score (nSPS) is 16.5. The number of para-hydroxylation sites is 1. The smallest absolute Gasteiger partial charge is 0.228 e. The molecular weight excluding hydrogens is 410 g/mol. The van der Waals surface area contributed by atoms with E-state index in [4.69, 9.17) is 4.74 Å². The summed E-state index contributed by atoms with van der Waals surface area (Å²) in [5.74, 6) is -0.607. The number of rotatable bonds is 6. The maximum atomic E-state index is 14.0. The van der Waals surface area contributed by atoms with Gasteiger partial charge in [-0.1, -0.05) is 36.4 Å². The van der Waals surface area contributed by atoms with Crippen molar-refractivity contribution in [1.29, 1.82) is 0 Å². The standard InChI is InChI=1S/C26H26F2N2O2/c1-32-22-12-9-18(10-13-22)23-6-2-3-7-25(23)29-26(31)20-5-4-14-30(17-20)16-19-8-11-21(27)15-24(19)28/h2-3,6-13,15,20H,4-5,14,16-17H2,1H3,(H,29,31)/t20-/m0/s1. The Hall–Kier alpha value is -3.25. The van der Waals surface area contributed by atoms with Crippen LogP contribution in [0.25, 0.3) is 11.1 Å². The SMILES string of the molecule is COc1ccc(-c2ccccc2NC(=O)[C@H]2CCCN(Cc3ccc(F)cc3F)C2)cc1. The van der Waals surface area contributed by atoms with Gasteiger partial charge in [0.15, 0.2) is 0 Å². The maximum Gasteiger partial charge on any atom is 0.228 e. The molecule has 1 fully saturated rings. The van der Waals surface area contributed by atoms with Crippen molar-refractivity contribution in [2.75, 3.05) is 25.5 Å². The van der Waals surface area contributed by atoms with Crippen LogP contribution < -0.4 is 10.1 Å². The Morgan fingerprint density at radius 3 is 2.62 bits per heavy atom. The first-order valence-electron chi connectivity index (χ1n) is 10.7. The molecule has 0 aliphatic carbocycles. The van der Waals surface area contributed by atoms with E-state index in [2.05, 4.69) is 10.2 Å². The molecular formula is C26H26F2N2O2. The number of halogens is 2. The zero-order chi connectivity index (χ0) is 22.5. The fourth-order valence-corrected chi connectivity index (χ4v) is 4.15. The predicted octanol–water partition coefficient (Wildman–Crippen LogP) is 5.49. The summed E-state index contributed by atoms with van der Waals surface area (Å²) in [6, 6.07) is 19.0. The number of anilines is 1. The highest BCUT2D eigenvalue weighted by Gasteiger charge is 2.27. The molecule has 1 aliphatic heterocycles. The second-order valence-corrected chi connectivity index (χ2v) is 8.07. The van der Waals surface area contributed by atoms with E-state index >= 15 is 0 Å². The number of piperidine rings is 1. The molecule has 0 aromatic heterocycles. The summed E-state index contributed by atoms with van der Waals surface area (Å²) in [4.78, 5) is 15.1. The number of hydrogen-bond donors (Lipinski definition) is 1. The van der Waals surface area contributed by atoms with Crippen molar-refractivity contribution in [2.45, 2.75) is 19.4 Å². The summed E-state index contributed by atoms with van der Waals surface area (Å²) in [5.41, 5.74) is 3.12. The fraction of sp³-hybridized carbons (Fsp3) is 0.269. The average Bonchev–Trinajstić information content (AvgIpc) is 2.81. The number of amides is 1. The highest BCUT2D eigenvalue weighted by atomic mass is 19.1. The first-order chi connectivity index (χ1) is 15.5. The van der Waals surface area contributed by atoms with Crippen molar-refractivity contribution in [3.05, 3.63) is 83.9 Å². The second kappa shape index (κ2) is 9.92. The lowest BCUT2D eigenvalue weighted by molar-refractivity contribution is -0.121. The van der Waals surface area contributed by atoms with E-state index in [0.29, 0.717) is 18.7 Å². The third-order valence-corrected chi connectivity index (χ3v) is 5.87. The Morgan fingerprint density at radius 1 is 1.09 bits per heavy atom. The highest BCUT2D eigenvalue weighted by Crippen LogP contribution is 2.30. The van der Waals surface area contributed by atoms with Gasteiger partial charge in [0.25, 0.3) is 0 Å². The molecule has 0 bridgehead atoms. The van der Waals surface area contributed by atoms with E-state index in [1.165, 1.54) is 12.1 Å². The molecule has 0 unspecified atom stereocenters. The van der Waals surface area contributed by atoms with Crippen LogP contribution in [0, 0.1) is 17.6 Å². The van der Waals surface area contributed by atoms with Gasteiger partial charge < -0.3 is 10.1 Å². The van der Waals surface area contributed by atoms with Crippen LogP contribution in [0.1, 0.15) is 18.4 Å². The Morgan fingerprint density at radius 2 is 1.88 bits per heavy atom. The van der Waals surface area contributed by atoms with Crippen LogP contribution in [0.5, 0.6) is 5.75 Å². The Balaban J connectivity index is 1.44. The minimum atomic E-state index is -0.585. The summed E-state index contributed by atoms with van der Waals surface area (Å²) >= 11 is 0. The van der Waals surface area contributed by atoms with Gasteiger partial charge in [-0.2, -0.15) is 0 Å². The van der Waals surface area contributed by atoms with Gasteiger partial charge >= 0.3 is 0 Å². The van der Waals surface area contributed by atoms with Gasteiger partial charge in [-0.3, -0.25) is 9.69 Å². The molecule has 166 valence electrons. The monoisotopic (exact) mass is 436 g/mol. The lowest BCUT2D eigenvalue weighted by atomic mass is 9.96.